The maximum Gasteiger partial charge on any atom is 0.251 e. The van der Waals surface area contributed by atoms with Crippen molar-refractivity contribution in [2.75, 3.05) is 5.73 Å². The molecule has 7 heteroatoms. The molecular weight excluding hydrogens is 330 g/mol. The summed E-state index contributed by atoms with van der Waals surface area (Å²) in [6.07, 6.45) is 2.62. The summed E-state index contributed by atoms with van der Waals surface area (Å²) in [6, 6.07) is 16.7. The zero-order chi connectivity index (χ0) is 18.4. The first-order chi connectivity index (χ1) is 12.7. The van der Waals surface area contributed by atoms with E-state index in [9.17, 15) is 4.79 Å². The zero-order valence-corrected chi connectivity index (χ0v) is 13.8. The van der Waals surface area contributed by atoms with Gasteiger partial charge in [0.05, 0.1) is 18.1 Å². The molecule has 1 aromatic heterocycles. The van der Waals surface area contributed by atoms with Crippen LogP contribution in [0.4, 0.5) is 5.82 Å². The van der Waals surface area contributed by atoms with E-state index in [1.165, 1.54) is 6.20 Å². The van der Waals surface area contributed by atoms with Gasteiger partial charge in [-0.1, -0.05) is 47.6 Å². The largest absolute Gasteiger partial charge is 0.411 e. The van der Waals surface area contributed by atoms with E-state index < -0.39 is 0 Å². The van der Waals surface area contributed by atoms with Gasteiger partial charge in [-0.3, -0.25) is 4.79 Å². The number of nitrogens with zero attached hydrogens (tertiary/aromatic N) is 3. The Hall–Kier alpha value is -3.74. The summed E-state index contributed by atoms with van der Waals surface area (Å²) < 4.78 is 0. The van der Waals surface area contributed by atoms with Crippen LogP contribution in [0.5, 0.6) is 0 Å². The topological polar surface area (TPSA) is 113 Å². The average molecular weight is 347 g/mol. The minimum atomic E-state index is -0.184. The molecule has 2 aromatic carbocycles. The molecule has 130 valence electrons. The number of nitrogen functional groups attached to an aromatic ring is 1. The van der Waals surface area contributed by atoms with Crippen LogP contribution in [0.3, 0.4) is 0 Å². The number of hydrogen-bond acceptors (Lipinski definition) is 6. The van der Waals surface area contributed by atoms with Gasteiger partial charge in [-0.05, 0) is 17.7 Å². The standard InChI is InChI=1S/C19H17N5O2/c20-18-17(12-23-26)24-16(11-21-18)14-7-4-8-15(9-14)19(25)22-10-13-5-2-1-3-6-13/h1-9,11-12,26H,10H2,(H2,20,21)(H,22,25). The van der Waals surface area contributed by atoms with Crippen LogP contribution in [0.15, 0.2) is 65.9 Å². The van der Waals surface area contributed by atoms with Gasteiger partial charge in [-0.25, -0.2) is 9.97 Å². The van der Waals surface area contributed by atoms with Crippen LogP contribution in [-0.2, 0) is 6.54 Å². The first-order valence-corrected chi connectivity index (χ1v) is 7.90. The summed E-state index contributed by atoms with van der Waals surface area (Å²) in [4.78, 5) is 20.7. The van der Waals surface area contributed by atoms with Crippen LogP contribution in [0.1, 0.15) is 21.6 Å². The molecule has 1 amide bonds. The van der Waals surface area contributed by atoms with Gasteiger partial charge in [-0.2, -0.15) is 0 Å². The van der Waals surface area contributed by atoms with E-state index >= 15 is 0 Å². The molecule has 0 aliphatic rings. The summed E-state index contributed by atoms with van der Waals surface area (Å²) in [5, 5.41) is 14.5. The van der Waals surface area contributed by atoms with Gasteiger partial charge in [0.1, 0.15) is 5.69 Å². The minimum Gasteiger partial charge on any atom is -0.411 e. The van der Waals surface area contributed by atoms with Crippen molar-refractivity contribution in [2.45, 2.75) is 6.54 Å². The molecule has 3 aromatic rings. The Morgan fingerprint density at radius 2 is 2.00 bits per heavy atom. The fraction of sp³-hybridized carbons (Fsp3) is 0.0526. The van der Waals surface area contributed by atoms with E-state index in [1.54, 1.807) is 18.2 Å². The van der Waals surface area contributed by atoms with Crippen LogP contribution >= 0.6 is 0 Å². The molecule has 0 fully saturated rings. The van der Waals surface area contributed by atoms with Crippen molar-refractivity contribution in [3.8, 4) is 11.3 Å². The molecule has 3 rings (SSSR count). The Labute approximate surface area is 150 Å². The second-order valence-corrected chi connectivity index (χ2v) is 5.52. The van der Waals surface area contributed by atoms with Crippen molar-refractivity contribution >= 4 is 17.9 Å². The first-order valence-electron chi connectivity index (χ1n) is 7.90. The van der Waals surface area contributed by atoms with Gasteiger partial charge < -0.3 is 16.3 Å². The Balaban J connectivity index is 1.79. The molecule has 1 heterocycles. The molecule has 0 saturated heterocycles. The molecule has 0 unspecified atom stereocenters. The quantitative estimate of drug-likeness (QED) is 0.373. The summed E-state index contributed by atoms with van der Waals surface area (Å²) in [5.41, 5.74) is 8.70. The van der Waals surface area contributed by atoms with Gasteiger partial charge in [0, 0.05) is 17.7 Å². The monoisotopic (exact) mass is 347 g/mol. The lowest BCUT2D eigenvalue weighted by Gasteiger charge is -2.08. The number of benzene rings is 2. The predicted octanol–water partition coefficient (Wildman–Crippen LogP) is 2.46. The molecule has 7 nitrogen and oxygen atoms in total. The number of amides is 1. The Morgan fingerprint density at radius 1 is 1.19 bits per heavy atom. The maximum atomic E-state index is 12.4. The van der Waals surface area contributed by atoms with Crippen molar-refractivity contribution < 1.29 is 10.0 Å². The Kier molecular flexibility index (Phi) is 5.19. The highest BCUT2D eigenvalue weighted by Gasteiger charge is 2.09. The number of carbonyl (C=O) groups excluding carboxylic acids is 1. The van der Waals surface area contributed by atoms with E-state index in [2.05, 4.69) is 20.4 Å². The summed E-state index contributed by atoms with van der Waals surface area (Å²) in [6.45, 7) is 0.447. The van der Waals surface area contributed by atoms with Gasteiger partial charge in [0.15, 0.2) is 5.82 Å². The van der Waals surface area contributed by atoms with Crippen LogP contribution in [0.25, 0.3) is 11.3 Å². The Bertz CT molecular complexity index is 942. The normalized spacial score (nSPS) is 10.8. The average Bonchev–Trinajstić information content (AvgIpc) is 2.69. The van der Waals surface area contributed by atoms with Crippen LogP contribution in [0, 0.1) is 0 Å². The number of hydrogen-bond donors (Lipinski definition) is 3. The van der Waals surface area contributed by atoms with Crippen molar-refractivity contribution in [1.29, 1.82) is 0 Å². The molecular formula is C19H17N5O2. The molecule has 4 N–H and O–H groups in total. The molecule has 0 bridgehead atoms. The zero-order valence-electron chi connectivity index (χ0n) is 13.8. The number of nitrogens with two attached hydrogens (primary N) is 1. The molecule has 0 aliphatic carbocycles. The van der Waals surface area contributed by atoms with Crippen molar-refractivity contribution in [3.63, 3.8) is 0 Å². The number of aromatic nitrogens is 2. The molecule has 0 atom stereocenters. The molecule has 0 radical (unpaired) electrons. The van der Waals surface area contributed by atoms with Crippen molar-refractivity contribution in [3.05, 3.63) is 77.6 Å². The van der Waals surface area contributed by atoms with Gasteiger partial charge >= 0.3 is 0 Å². The number of anilines is 1. The van der Waals surface area contributed by atoms with E-state index in [-0.39, 0.29) is 17.4 Å². The highest BCUT2D eigenvalue weighted by molar-refractivity contribution is 5.95. The predicted molar refractivity (Wildman–Crippen MR) is 98.9 cm³/mol. The molecule has 0 saturated carbocycles. The number of rotatable bonds is 5. The van der Waals surface area contributed by atoms with Gasteiger partial charge in [0.25, 0.3) is 5.91 Å². The lowest BCUT2D eigenvalue weighted by atomic mass is 10.1. The number of oxime groups is 1. The van der Waals surface area contributed by atoms with E-state index in [1.807, 2.05) is 36.4 Å². The van der Waals surface area contributed by atoms with Crippen molar-refractivity contribution in [2.24, 2.45) is 5.16 Å². The third kappa shape index (κ3) is 4.02. The third-order valence-electron chi connectivity index (χ3n) is 3.73. The SMILES string of the molecule is Nc1ncc(-c2cccc(C(=O)NCc3ccccc3)c2)nc1C=NO. The minimum absolute atomic E-state index is 0.156. The van der Waals surface area contributed by atoms with E-state index in [0.717, 1.165) is 11.8 Å². The highest BCUT2D eigenvalue weighted by Crippen LogP contribution is 2.19. The smallest absolute Gasteiger partial charge is 0.251 e. The number of nitrogens with one attached hydrogen (secondary N) is 1. The van der Waals surface area contributed by atoms with Crippen LogP contribution in [-0.4, -0.2) is 27.3 Å². The molecule has 26 heavy (non-hydrogen) atoms. The van der Waals surface area contributed by atoms with E-state index in [4.69, 9.17) is 10.9 Å². The Morgan fingerprint density at radius 3 is 2.77 bits per heavy atom. The maximum absolute atomic E-state index is 12.4. The van der Waals surface area contributed by atoms with Crippen LogP contribution in [0.2, 0.25) is 0 Å². The summed E-state index contributed by atoms with van der Waals surface area (Å²) >= 11 is 0. The fourth-order valence-electron chi connectivity index (χ4n) is 2.40. The fourth-order valence-corrected chi connectivity index (χ4v) is 2.40. The molecule has 0 aliphatic heterocycles. The lowest BCUT2D eigenvalue weighted by molar-refractivity contribution is 0.0951. The highest BCUT2D eigenvalue weighted by atomic mass is 16.4. The third-order valence-corrected chi connectivity index (χ3v) is 3.73. The van der Waals surface area contributed by atoms with E-state index in [0.29, 0.717) is 23.4 Å². The summed E-state index contributed by atoms with van der Waals surface area (Å²) in [7, 11) is 0. The first kappa shape index (κ1) is 17.1. The summed E-state index contributed by atoms with van der Waals surface area (Å²) in [5.74, 6) is -0.0282. The van der Waals surface area contributed by atoms with Gasteiger partial charge in [0.2, 0.25) is 0 Å². The molecule has 0 spiro atoms. The number of carbonyl (C=O) groups is 1. The van der Waals surface area contributed by atoms with Crippen LogP contribution < -0.4 is 11.1 Å². The second kappa shape index (κ2) is 7.89. The lowest BCUT2D eigenvalue weighted by Crippen LogP contribution is -2.22. The second-order valence-electron chi connectivity index (χ2n) is 5.52. The van der Waals surface area contributed by atoms with Gasteiger partial charge in [-0.15, -0.1) is 0 Å². The van der Waals surface area contributed by atoms with Crippen molar-refractivity contribution in [1.82, 2.24) is 15.3 Å².